The lowest BCUT2D eigenvalue weighted by atomic mass is 9.85. The van der Waals surface area contributed by atoms with Crippen LogP contribution in [-0.2, 0) is 10.2 Å². The van der Waals surface area contributed by atoms with Gasteiger partial charge in [0.15, 0.2) is 18.2 Å². The van der Waals surface area contributed by atoms with Gasteiger partial charge in [-0.05, 0) is 17.9 Å². The Hall–Kier alpha value is -1.58. The van der Waals surface area contributed by atoms with E-state index in [4.69, 9.17) is 4.74 Å². The molecule has 0 spiro atoms. The molecule has 0 aliphatic heterocycles. The predicted octanol–water partition coefficient (Wildman–Crippen LogP) is 2.56. The Labute approximate surface area is 107 Å². The topological polar surface area (TPSA) is 38.3 Å². The summed E-state index contributed by atoms with van der Waals surface area (Å²) in [6, 6.07) is 3.57. The van der Waals surface area contributed by atoms with Gasteiger partial charge in [-0.1, -0.05) is 32.9 Å². The Morgan fingerprint density at radius 2 is 2.00 bits per heavy atom. The standard InChI is InChI=1S/C14H20FNO2/c1-9-6-7-10(14(2,3)4)13(12(9)15)18-8-11(17)16-5/h6-7H,8H2,1-5H3,(H,16,17). The van der Waals surface area contributed by atoms with Gasteiger partial charge in [-0.3, -0.25) is 4.79 Å². The molecule has 1 N–H and O–H groups in total. The second-order valence-electron chi connectivity index (χ2n) is 5.28. The average molecular weight is 253 g/mol. The van der Waals surface area contributed by atoms with Crippen LogP contribution >= 0.6 is 0 Å². The van der Waals surface area contributed by atoms with Crippen LogP contribution in [0.4, 0.5) is 4.39 Å². The van der Waals surface area contributed by atoms with E-state index in [1.807, 2.05) is 26.8 Å². The smallest absolute Gasteiger partial charge is 0.257 e. The Balaban J connectivity index is 3.13. The van der Waals surface area contributed by atoms with Crippen LogP contribution in [0.5, 0.6) is 5.75 Å². The molecule has 1 rings (SSSR count). The molecule has 0 atom stereocenters. The van der Waals surface area contributed by atoms with Crippen LogP contribution in [0.2, 0.25) is 0 Å². The number of benzene rings is 1. The molecular weight excluding hydrogens is 233 g/mol. The number of amides is 1. The van der Waals surface area contributed by atoms with E-state index in [-0.39, 0.29) is 23.7 Å². The zero-order chi connectivity index (χ0) is 13.9. The summed E-state index contributed by atoms with van der Waals surface area (Å²) in [5, 5.41) is 2.44. The molecule has 0 saturated heterocycles. The average Bonchev–Trinajstić information content (AvgIpc) is 2.28. The third-order valence-corrected chi connectivity index (χ3v) is 2.72. The zero-order valence-corrected chi connectivity index (χ0v) is 11.6. The third kappa shape index (κ3) is 3.22. The van der Waals surface area contributed by atoms with Crippen molar-refractivity contribution in [2.75, 3.05) is 13.7 Å². The van der Waals surface area contributed by atoms with E-state index in [0.717, 1.165) is 5.56 Å². The van der Waals surface area contributed by atoms with E-state index in [0.29, 0.717) is 5.56 Å². The molecule has 3 nitrogen and oxygen atoms in total. The molecule has 0 aliphatic rings. The number of hydrogen-bond donors (Lipinski definition) is 1. The molecule has 0 bridgehead atoms. The number of carbonyl (C=O) groups excluding carboxylic acids is 1. The van der Waals surface area contributed by atoms with Crippen molar-refractivity contribution in [2.24, 2.45) is 0 Å². The Bertz CT molecular complexity index is 450. The molecule has 1 aromatic rings. The summed E-state index contributed by atoms with van der Waals surface area (Å²) in [6.45, 7) is 7.42. The largest absolute Gasteiger partial charge is 0.480 e. The molecule has 0 radical (unpaired) electrons. The molecule has 0 heterocycles. The Morgan fingerprint density at radius 1 is 1.39 bits per heavy atom. The van der Waals surface area contributed by atoms with Crippen molar-refractivity contribution in [1.29, 1.82) is 0 Å². The molecule has 18 heavy (non-hydrogen) atoms. The minimum Gasteiger partial charge on any atom is -0.480 e. The summed E-state index contributed by atoms with van der Waals surface area (Å²) in [6.07, 6.45) is 0. The quantitative estimate of drug-likeness (QED) is 0.899. The minimum atomic E-state index is -0.397. The fraction of sp³-hybridized carbons (Fsp3) is 0.500. The van der Waals surface area contributed by atoms with Crippen molar-refractivity contribution in [1.82, 2.24) is 5.32 Å². The fourth-order valence-electron chi connectivity index (χ4n) is 1.60. The number of ether oxygens (including phenoxy) is 1. The number of halogens is 1. The monoisotopic (exact) mass is 253 g/mol. The van der Waals surface area contributed by atoms with Gasteiger partial charge < -0.3 is 10.1 Å². The summed E-state index contributed by atoms with van der Waals surface area (Å²) in [7, 11) is 1.52. The van der Waals surface area contributed by atoms with Crippen molar-refractivity contribution in [3.8, 4) is 5.75 Å². The lowest BCUT2D eigenvalue weighted by Crippen LogP contribution is -2.26. The zero-order valence-electron chi connectivity index (χ0n) is 11.6. The maximum atomic E-state index is 14.1. The van der Waals surface area contributed by atoms with Crippen LogP contribution in [-0.4, -0.2) is 19.6 Å². The van der Waals surface area contributed by atoms with E-state index in [9.17, 15) is 9.18 Å². The lowest BCUT2D eigenvalue weighted by molar-refractivity contribution is -0.122. The number of rotatable bonds is 3. The van der Waals surface area contributed by atoms with Gasteiger partial charge in [-0.2, -0.15) is 0 Å². The van der Waals surface area contributed by atoms with Crippen LogP contribution in [0.25, 0.3) is 0 Å². The predicted molar refractivity (Wildman–Crippen MR) is 69.4 cm³/mol. The Kier molecular flexibility index (Phi) is 4.33. The van der Waals surface area contributed by atoms with E-state index in [2.05, 4.69) is 5.32 Å². The maximum absolute atomic E-state index is 14.1. The van der Waals surface area contributed by atoms with Crippen LogP contribution < -0.4 is 10.1 Å². The normalized spacial score (nSPS) is 11.2. The molecule has 0 aliphatic carbocycles. The van der Waals surface area contributed by atoms with Crippen molar-refractivity contribution in [2.45, 2.75) is 33.1 Å². The highest BCUT2D eigenvalue weighted by atomic mass is 19.1. The van der Waals surface area contributed by atoms with Gasteiger partial charge in [-0.25, -0.2) is 4.39 Å². The Morgan fingerprint density at radius 3 is 2.50 bits per heavy atom. The van der Waals surface area contributed by atoms with Crippen LogP contribution in [0, 0.1) is 12.7 Å². The second-order valence-corrected chi connectivity index (χ2v) is 5.28. The first kappa shape index (κ1) is 14.5. The third-order valence-electron chi connectivity index (χ3n) is 2.72. The van der Waals surface area contributed by atoms with E-state index >= 15 is 0 Å². The highest BCUT2D eigenvalue weighted by molar-refractivity contribution is 5.77. The highest BCUT2D eigenvalue weighted by Crippen LogP contribution is 2.34. The van der Waals surface area contributed by atoms with E-state index in [1.54, 1.807) is 13.0 Å². The molecule has 4 heteroatoms. The molecule has 0 saturated carbocycles. The summed E-state index contributed by atoms with van der Waals surface area (Å²) in [5.74, 6) is -0.506. The number of likely N-dealkylation sites (N-methyl/N-ethyl adjacent to an activating group) is 1. The first-order valence-corrected chi connectivity index (χ1v) is 5.90. The van der Waals surface area contributed by atoms with Crippen LogP contribution in [0.3, 0.4) is 0 Å². The number of aryl methyl sites for hydroxylation is 1. The summed E-state index contributed by atoms with van der Waals surface area (Å²) < 4.78 is 19.4. The van der Waals surface area contributed by atoms with Crippen LogP contribution in [0.1, 0.15) is 31.9 Å². The first-order valence-electron chi connectivity index (χ1n) is 5.90. The molecule has 1 aromatic carbocycles. The first-order chi connectivity index (χ1) is 8.27. The molecule has 1 amide bonds. The highest BCUT2D eigenvalue weighted by Gasteiger charge is 2.23. The van der Waals surface area contributed by atoms with Crippen molar-refractivity contribution in [3.63, 3.8) is 0 Å². The van der Waals surface area contributed by atoms with Gasteiger partial charge in [0.1, 0.15) is 0 Å². The summed E-state index contributed by atoms with van der Waals surface area (Å²) in [4.78, 5) is 11.2. The lowest BCUT2D eigenvalue weighted by Gasteiger charge is -2.23. The summed E-state index contributed by atoms with van der Waals surface area (Å²) >= 11 is 0. The van der Waals surface area contributed by atoms with Gasteiger partial charge in [-0.15, -0.1) is 0 Å². The van der Waals surface area contributed by atoms with Gasteiger partial charge in [0.2, 0.25) is 0 Å². The molecular formula is C14H20FNO2. The number of carbonyl (C=O) groups is 1. The van der Waals surface area contributed by atoms with Crippen molar-refractivity contribution >= 4 is 5.91 Å². The second kappa shape index (κ2) is 5.38. The number of hydrogen-bond acceptors (Lipinski definition) is 2. The van der Waals surface area contributed by atoms with Gasteiger partial charge in [0.25, 0.3) is 5.91 Å². The van der Waals surface area contributed by atoms with Gasteiger partial charge in [0.05, 0.1) is 0 Å². The van der Waals surface area contributed by atoms with Crippen LogP contribution in [0.15, 0.2) is 12.1 Å². The molecule has 100 valence electrons. The van der Waals surface area contributed by atoms with E-state index < -0.39 is 5.82 Å². The fourth-order valence-corrected chi connectivity index (χ4v) is 1.60. The van der Waals surface area contributed by atoms with Crippen molar-refractivity contribution < 1.29 is 13.9 Å². The van der Waals surface area contributed by atoms with E-state index in [1.165, 1.54) is 7.05 Å². The molecule has 0 fully saturated rings. The summed E-state index contributed by atoms with van der Waals surface area (Å²) in [5.41, 5.74) is 1.02. The molecule has 0 unspecified atom stereocenters. The van der Waals surface area contributed by atoms with Gasteiger partial charge in [0, 0.05) is 12.6 Å². The number of nitrogens with one attached hydrogen (secondary N) is 1. The molecule has 0 aromatic heterocycles. The van der Waals surface area contributed by atoms with Crippen molar-refractivity contribution in [3.05, 3.63) is 29.1 Å². The van der Waals surface area contributed by atoms with Gasteiger partial charge >= 0.3 is 0 Å². The minimum absolute atomic E-state index is 0.172. The maximum Gasteiger partial charge on any atom is 0.257 e. The SMILES string of the molecule is CNC(=O)COc1c(C(C)(C)C)ccc(C)c1F.